The molecule has 1 aromatic rings. The minimum atomic E-state index is -0.727. The summed E-state index contributed by atoms with van der Waals surface area (Å²) in [5, 5.41) is 0. The van der Waals surface area contributed by atoms with Crippen LogP contribution in [-0.2, 0) is 4.79 Å². The van der Waals surface area contributed by atoms with E-state index in [4.69, 9.17) is 15.7 Å². The van der Waals surface area contributed by atoms with Crippen molar-refractivity contribution in [2.45, 2.75) is 56.9 Å². The van der Waals surface area contributed by atoms with Gasteiger partial charge in [0.05, 0.1) is 11.9 Å². The number of pyridine rings is 1. The summed E-state index contributed by atoms with van der Waals surface area (Å²) in [5.41, 5.74) is 7.46. The Labute approximate surface area is 178 Å². The molecule has 2 N–H and O–H groups in total. The van der Waals surface area contributed by atoms with Crippen molar-refractivity contribution in [2.24, 2.45) is 27.6 Å². The molecule has 158 valence electrons. The molecule has 4 rings (SSSR count). The first kappa shape index (κ1) is 20.5. The molecule has 6 nitrogen and oxygen atoms in total. The van der Waals surface area contributed by atoms with Crippen LogP contribution in [0.15, 0.2) is 58.8 Å². The molecule has 2 heterocycles. The lowest BCUT2D eigenvalue weighted by atomic mass is 9.75. The number of hydrogen-bond donors (Lipinski definition) is 1. The number of carbonyl (C=O) groups is 1. The lowest BCUT2D eigenvalue weighted by molar-refractivity contribution is -0.131. The molecule has 0 spiro atoms. The third-order valence-electron chi connectivity index (χ3n) is 6.53. The van der Waals surface area contributed by atoms with Crippen LogP contribution in [0.4, 0.5) is 5.69 Å². The normalized spacial score (nSPS) is 30.2. The largest absolute Gasteiger partial charge is 0.369 e. The number of hydrogen-bond acceptors (Lipinski definition) is 5. The molecule has 3 atom stereocenters. The summed E-state index contributed by atoms with van der Waals surface area (Å²) in [5.74, 6) is 1.25. The van der Waals surface area contributed by atoms with Gasteiger partial charge in [0.25, 0.3) is 5.91 Å². The van der Waals surface area contributed by atoms with E-state index in [-0.39, 0.29) is 5.91 Å². The molecule has 0 bridgehead atoms. The van der Waals surface area contributed by atoms with Crippen molar-refractivity contribution in [2.75, 3.05) is 7.05 Å². The van der Waals surface area contributed by atoms with E-state index < -0.39 is 5.54 Å². The molecule has 1 aromatic heterocycles. The summed E-state index contributed by atoms with van der Waals surface area (Å²) >= 11 is 0. The van der Waals surface area contributed by atoms with Crippen LogP contribution in [0.5, 0.6) is 0 Å². The standard InChI is InChI=1S/C24H31N5O/c1-29-22(30)24(28-23(29)25,13-12-18-7-3-2-4-8-18)16-19-9-5-10-20(15-19)27-21-11-6-14-26-17-21/h2-4,6-7,11,14,17-19H,5,8-10,12-13,15-16H2,1H3,(H2,25,28)/t18?,19-,24+/m0/s1. The molecule has 1 saturated carbocycles. The molecule has 3 aliphatic rings. The van der Waals surface area contributed by atoms with Crippen molar-refractivity contribution in [1.82, 2.24) is 9.88 Å². The SMILES string of the molecule is CN1C(=O)[C@@](CCC2C=CC=CC2)(C[C@H]2CCCC(=Nc3cccnc3)C2)N=C1N. The van der Waals surface area contributed by atoms with Crippen LogP contribution < -0.4 is 5.73 Å². The van der Waals surface area contributed by atoms with Gasteiger partial charge >= 0.3 is 0 Å². The Balaban J connectivity index is 1.49. The molecule has 1 amide bonds. The van der Waals surface area contributed by atoms with Gasteiger partial charge in [-0.05, 0) is 75.3 Å². The second kappa shape index (κ2) is 8.94. The summed E-state index contributed by atoms with van der Waals surface area (Å²) in [6.45, 7) is 0. The molecule has 0 radical (unpaired) electrons. The van der Waals surface area contributed by atoms with Crippen LogP contribution in [-0.4, -0.2) is 40.0 Å². The van der Waals surface area contributed by atoms with E-state index >= 15 is 0 Å². The quantitative estimate of drug-likeness (QED) is 0.771. The molecule has 2 aliphatic carbocycles. The van der Waals surface area contributed by atoms with E-state index in [2.05, 4.69) is 29.3 Å². The topological polar surface area (TPSA) is 83.9 Å². The smallest absolute Gasteiger partial charge is 0.257 e. The van der Waals surface area contributed by atoms with E-state index in [0.29, 0.717) is 17.8 Å². The summed E-state index contributed by atoms with van der Waals surface area (Å²) in [4.78, 5) is 28.5. The van der Waals surface area contributed by atoms with Crippen LogP contribution in [0.2, 0.25) is 0 Å². The maximum Gasteiger partial charge on any atom is 0.257 e. The Kier molecular flexibility index (Phi) is 6.11. The number of carbonyl (C=O) groups excluding carboxylic acids is 1. The number of aliphatic imine (C=N–C) groups is 2. The highest BCUT2D eigenvalue weighted by Crippen LogP contribution is 2.39. The molecule has 1 unspecified atom stereocenters. The summed E-state index contributed by atoms with van der Waals surface area (Å²) in [6.07, 6.45) is 19.8. The monoisotopic (exact) mass is 405 g/mol. The first-order valence-corrected chi connectivity index (χ1v) is 11.0. The number of likely N-dealkylation sites (N-methyl/N-ethyl adjacent to an activating group) is 1. The molecule has 30 heavy (non-hydrogen) atoms. The van der Waals surface area contributed by atoms with Crippen molar-refractivity contribution >= 4 is 23.3 Å². The van der Waals surface area contributed by atoms with Crippen molar-refractivity contribution in [3.63, 3.8) is 0 Å². The van der Waals surface area contributed by atoms with Gasteiger partial charge in [-0.3, -0.25) is 19.7 Å². The second-order valence-corrected chi connectivity index (χ2v) is 8.77. The van der Waals surface area contributed by atoms with Crippen molar-refractivity contribution in [3.8, 4) is 0 Å². The first-order chi connectivity index (χ1) is 14.6. The average molecular weight is 406 g/mol. The van der Waals surface area contributed by atoms with E-state index in [9.17, 15) is 4.79 Å². The van der Waals surface area contributed by atoms with Gasteiger partial charge in [-0.2, -0.15) is 0 Å². The maximum atomic E-state index is 13.2. The van der Waals surface area contributed by atoms with Crippen LogP contribution in [0.1, 0.15) is 51.4 Å². The predicted octanol–water partition coefficient (Wildman–Crippen LogP) is 4.17. The van der Waals surface area contributed by atoms with Crippen molar-refractivity contribution < 1.29 is 4.79 Å². The fourth-order valence-corrected chi connectivity index (χ4v) is 4.91. The van der Waals surface area contributed by atoms with Gasteiger partial charge in [0.15, 0.2) is 5.96 Å². The van der Waals surface area contributed by atoms with Gasteiger partial charge in [0.1, 0.15) is 5.54 Å². The van der Waals surface area contributed by atoms with Gasteiger partial charge in [0, 0.05) is 19.0 Å². The van der Waals surface area contributed by atoms with Crippen molar-refractivity contribution in [1.29, 1.82) is 0 Å². The highest BCUT2D eigenvalue weighted by molar-refractivity contribution is 6.06. The van der Waals surface area contributed by atoms with Gasteiger partial charge in [-0.15, -0.1) is 0 Å². The second-order valence-electron chi connectivity index (χ2n) is 8.77. The number of amides is 1. The Bertz CT molecular complexity index is 888. The Morgan fingerprint density at radius 1 is 1.37 bits per heavy atom. The Morgan fingerprint density at radius 3 is 2.97 bits per heavy atom. The molecule has 0 saturated heterocycles. The van der Waals surface area contributed by atoms with E-state index in [0.717, 1.165) is 57.1 Å². The van der Waals surface area contributed by atoms with E-state index in [1.54, 1.807) is 19.4 Å². The van der Waals surface area contributed by atoms with Gasteiger partial charge in [0.2, 0.25) is 0 Å². The van der Waals surface area contributed by atoms with E-state index in [1.165, 1.54) is 10.6 Å². The van der Waals surface area contributed by atoms with Crippen LogP contribution >= 0.6 is 0 Å². The minimum Gasteiger partial charge on any atom is -0.369 e. The zero-order valence-corrected chi connectivity index (χ0v) is 17.7. The Hall–Kier alpha value is -2.76. The highest BCUT2D eigenvalue weighted by atomic mass is 16.2. The van der Waals surface area contributed by atoms with Crippen LogP contribution in [0.25, 0.3) is 0 Å². The lowest BCUT2D eigenvalue weighted by Crippen LogP contribution is -2.44. The first-order valence-electron chi connectivity index (χ1n) is 11.0. The van der Waals surface area contributed by atoms with Crippen LogP contribution in [0, 0.1) is 11.8 Å². The zero-order chi connectivity index (χ0) is 21.0. The average Bonchev–Trinajstić information content (AvgIpc) is 2.98. The zero-order valence-electron chi connectivity index (χ0n) is 17.7. The fraction of sp³-hybridized carbons (Fsp3) is 0.500. The molecular weight excluding hydrogens is 374 g/mol. The van der Waals surface area contributed by atoms with Crippen molar-refractivity contribution in [3.05, 3.63) is 48.8 Å². The molecule has 0 aromatic carbocycles. The summed E-state index contributed by atoms with van der Waals surface area (Å²) in [7, 11) is 1.74. The maximum absolute atomic E-state index is 13.2. The molecular formula is C24H31N5O. The van der Waals surface area contributed by atoms with Crippen LogP contribution in [0.3, 0.4) is 0 Å². The fourth-order valence-electron chi connectivity index (χ4n) is 4.91. The van der Waals surface area contributed by atoms with Gasteiger partial charge in [-0.25, -0.2) is 4.99 Å². The summed E-state index contributed by atoms with van der Waals surface area (Å²) in [6, 6.07) is 3.89. The summed E-state index contributed by atoms with van der Waals surface area (Å²) < 4.78 is 0. The highest BCUT2D eigenvalue weighted by Gasteiger charge is 2.47. The number of allylic oxidation sites excluding steroid dienone is 4. The number of nitrogens with two attached hydrogens (primary N) is 1. The number of nitrogens with zero attached hydrogens (tertiary/aromatic N) is 4. The number of aromatic nitrogens is 1. The van der Waals surface area contributed by atoms with E-state index in [1.807, 2.05) is 12.1 Å². The third-order valence-corrected chi connectivity index (χ3v) is 6.53. The number of guanidine groups is 1. The van der Waals surface area contributed by atoms with Gasteiger partial charge < -0.3 is 5.73 Å². The van der Waals surface area contributed by atoms with Gasteiger partial charge in [-0.1, -0.05) is 24.3 Å². The third kappa shape index (κ3) is 4.53. The molecule has 6 heteroatoms. The predicted molar refractivity (Wildman–Crippen MR) is 121 cm³/mol. The Morgan fingerprint density at radius 2 is 2.27 bits per heavy atom. The minimum absolute atomic E-state index is 0.0478. The lowest BCUT2D eigenvalue weighted by Gasteiger charge is -2.32. The molecule has 1 aliphatic heterocycles. The molecule has 1 fully saturated rings. The number of rotatable bonds is 6.